The number of rotatable bonds is 6. The number of ketones is 1. The van der Waals surface area contributed by atoms with Crippen molar-refractivity contribution in [3.05, 3.63) is 28.2 Å². The molecule has 1 amide bonds. The highest BCUT2D eigenvalue weighted by Gasteiger charge is 2.19. The van der Waals surface area contributed by atoms with Crippen LogP contribution in [0.15, 0.2) is 18.2 Å². The molecule has 0 fully saturated rings. The van der Waals surface area contributed by atoms with Gasteiger partial charge in [0.05, 0.1) is 17.1 Å². The minimum atomic E-state index is -0.990. The van der Waals surface area contributed by atoms with Crippen LogP contribution in [0.5, 0.6) is 0 Å². The number of carbonyl (C=O) groups excluding carboxylic acids is 3. The summed E-state index contributed by atoms with van der Waals surface area (Å²) in [5.41, 5.74) is 0.373. The summed E-state index contributed by atoms with van der Waals surface area (Å²) in [5.74, 6) is -1.23. The molecule has 0 aliphatic carbocycles. The van der Waals surface area contributed by atoms with Gasteiger partial charge in [-0.2, -0.15) is 0 Å². The van der Waals surface area contributed by atoms with E-state index in [1.54, 1.807) is 12.1 Å². The maximum absolute atomic E-state index is 11.9. The lowest BCUT2D eigenvalue weighted by atomic mass is 10.2. The van der Waals surface area contributed by atoms with E-state index < -0.39 is 18.0 Å². The van der Waals surface area contributed by atoms with Gasteiger partial charge in [0.15, 0.2) is 6.10 Å². The highest BCUT2D eigenvalue weighted by Crippen LogP contribution is 2.25. The first-order valence-electron chi connectivity index (χ1n) is 6.24. The van der Waals surface area contributed by atoms with Gasteiger partial charge in [-0.05, 0) is 32.0 Å². The van der Waals surface area contributed by atoms with E-state index in [-0.39, 0.29) is 23.6 Å². The second-order valence-electron chi connectivity index (χ2n) is 4.45. The molecule has 0 heterocycles. The number of halogens is 2. The van der Waals surface area contributed by atoms with Crippen LogP contribution in [0, 0.1) is 0 Å². The van der Waals surface area contributed by atoms with E-state index in [2.05, 4.69) is 5.32 Å². The quantitative estimate of drug-likeness (QED) is 0.812. The minimum absolute atomic E-state index is 0.0470. The fourth-order valence-electron chi connectivity index (χ4n) is 1.41. The number of ether oxygens (including phenoxy) is 1. The lowest BCUT2D eigenvalue weighted by Crippen LogP contribution is -2.30. The van der Waals surface area contributed by atoms with Gasteiger partial charge in [-0.15, -0.1) is 0 Å². The summed E-state index contributed by atoms with van der Waals surface area (Å²) in [7, 11) is 0. The van der Waals surface area contributed by atoms with Crippen LogP contribution in [0.4, 0.5) is 5.69 Å². The molecule has 0 unspecified atom stereocenters. The van der Waals surface area contributed by atoms with Gasteiger partial charge in [0.1, 0.15) is 5.78 Å². The Morgan fingerprint density at radius 2 is 1.90 bits per heavy atom. The van der Waals surface area contributed by atoms with E-state index in [4.69, 9.17) is 27.9 Å². The maximum atomic E-state index is 11.9. The zero-order valence-corrected chi connectivity index (χ0v) is 13.1. The number of amides is 1. The number of carbonyl (C=O) groups is 3. The van der Waals surface area contributed by atoms with E-state index in [1.807, 2.05) is 0 Å². The normalized spacial score (nSPS) is 11.6. The summed E-state index contributed by atoms with van der Waals surface area (Å²) in [6.45, 7) is 2.82. The minimum Gasteiger partial charge on any atom is -0.453 e. The van der Waals surface area contributed by atoms with Crippen LogP contribution < -0.4 is 5.32 Å². The van der Waals surface area contributed by atoms with Crippen molar-refractivity contribution in [3.63, 3.8) is 0 Å². The smallest absolute Gasteiger partial charge is 0.307 e. The Bertz CT molecular complexity index is 560. The average Bonchev–Trinajstić information content (AvgIpc) is 2.39. The Balaban J connectivity index is 2.54. The number of anilines is 1. The lowest BCUT2D eigenvalue weighted by molar-refractivity contribution is -0.153. The van der Waals surface area contributed by atoms with Crippen LogP contribution in [0.3, 0.4) is 0 Å². The van der Waals surface area contributed by atoms with Gasteiger partial charge in [-0.25, -0.2) is 0 Å². The van der Waals surface area contributed by atoms with Crippen LogP contribution in [0.25, 0.3) is 0 Å². The van der Waals surface area contributed by atoms with Crippen LogP contribution >= 0.6 is 23.2 Å². The molecule has 0 radical (unpaired) electrons. The second-order valence-corrected chi connectivity index (χ2v) is 5.29. The van der Waals surface area contributed by atoms with Gasteiger partial charge < -0.3 is 14.8 Å². The fraction of sp³-hybridized carbons (Fsp3) is 0.357. The van der Waals surface area contributed by atoms with Gasteiger partial charge >= 0.3 is 5.97 Å². The number of benzene rings is 1. The standard InChI is InChI=1S/C14H15Cl2NO4/c1-8(18)3-6-13(19)21-9(2)14(20)17-12-5-4-10(15)7-11(12)16/h4-5,7,9H,3,6H2,1-2H3,(H,17,20)/t9-/m1/s1. The predicted octanol–water partition coefficient (Wildman–Crippen LogP) is 3.23. The first-order valence-corrected chi connectivity index (χ1v) is 7.00. The van der Waals surface area contributed by atoms with E-state index in [0.29, 0.717) is 10.7 Å². The van der Waals surface area contributed by atoms with Crippen LogP contribution in [0.1, 0.15) is 26.7 Å². The number of nitrogens with one attached hydrogen (secondary N) is 1. The molecule has 0 spiro atoms. The average molecular weight is 332 g/mol. The van der Waals surface area contributed by atoms with Gasteiger partial charge in [0.2, 0.25) is 0 Å². The lowest BCUT2D eigenvalue weighted by Gasteiger charge is -2.14. The van der Waals surface area contributed by atoms with Crippen molar-refractivity contribution in [2.24, 2.45) is 0 Å². The Hall–Kier alpha value is -1.59. The van der Waals surface area contributed by atoms with Gasteiger partial charge in [-0.1, -0.05) is 23.2 Å². The van der Waals surface area contributed by atoms with Crippen molar-refractivity contribution in [2.45, 2.75) is 32.8 Å². The van der Waals surface area contributed by atoms with Crippen molar-refractivity contribution < 1.29 is 19.1 Å². The Labute approximate surface area is 132 Å². The molecule has 0 aliphatic heterocycles. The molecule has 1 rings (SSSR count). The fourth-order valence-corrected chi connectivity index (χ4v) is 1.87. The molecule has 1 aromatic rings. The van der Waals surface area contributed by atoms with Crippen molar-refractivity contribution >= 4 is 46.5 Å². The third-order valence-corrected chi connectivity index (χ3v) is 3.10. The number of Topliss-reactive ketones (excluding diaryl/α,β-unsaturated/α-hetero) is 1. The molecule has 1 aromatic carbocycles. The molecule has 0 bridgehead atoms. The third kappa shape index (κ3) is 6.14. The topological polar surface area (TPSA) is 72.5 Å². The second kappa shape index (κ2) is 8.00. The third-order valence-electron chi connectivity index (χ3n) is 2.55. The Morgan fingerprint density at radius 3 is 2.48 bits per heavy atom. The monoisotopic (exact) mass is 331 g/mol. The zero-order chi connectivity index (χ0) is 16.0. The first-order chi connectivity index (χ1) is 9.79. The van der Waals surface area contributed by atoms with Crippen molar-refractivity contribution in [1.29, 1.82) is 0 Å². The first kappa shape index (κ1) is 17.5. The molecule has 0 aliphatic rings. The summed E-state index contributed by atoms with van der Waals surface area (Å²) in [5, 5.41) is 3.26. The van der Waals surface area contributed by atoms with E-state index >= 15 is 0 Å². The highest BCUT2D eigenvalue weighted by molar-refractivity contribution is 6.36. The summed E-state index contributed by atoms with van der Waals surface area (Å²) in [4.78, 5) is 34.1. The SMILES string of the molecule is CC(=O)CCC(=O)O[C@H](C)C(=O)Nc1ccc(Cl)cc1Cl. The molecular formula is C14H15Cl2NO4. The Morgan fingerprint density at radius 1 is 1.24 bits per heavy atom. The maximum Gasteiger partial charge on any atom is 0.307 e. The molecule has 1 atom stereocenters. The highest BCUT2D eigenvalue weighted by atomic mass is 35.5. The molecule has 114 valence electrons. The summed E-state index contributed by atoms with van der Waals surface area (Å²) in [6.07, 6.45) is -0.943. The Kier molecular flexibility index (Phi) is 6.65. The van der Waals surface area contributed by atoms with Crippen LogP contribution in [-0.2, 0) is 19.1 Å². The molecular weight excluding hydrogens is 317 g/mol. The molecule has 0 saturated heterocycles. The predicted molar refractivity (Wildman–Crippen MR) is 80.6 cm³/mol. The summed E-state index contributed by atoms with van der Waals surface area (Å²) >= 11 is 11.7. The van der Waals surface area contributed by atoms with Crippen molar-refractivity contribution in [1.82, 2.24) is 0 Å². The van der Waals surface area contributed by atoms with E-state index in [0.717, 1.165) is 0 Å². The number of esters is 1. The summed E-state index contributed by atoms with van der Waals surface area (Å²) in [6, 6.07) is 4.61. The number of hydrogen-bond donors (Lipinski definition) is 1. The van der Waals surface area contributed by atoms with Crippen molar-refractivity contribution in [2.75, 3.05) is 5.32 Å². The largest absolute Gasteiger partial charge is 0.453 e. The van der Waals surface area contributed by atoms with Gasteiger partial charge in [0.25, 0.3) is 5.91 Å². The molecule has 7 heteroatoms. The molecule has 0 aromatic heterocycles. The molecule has 5 nitrogen and oxygen atoms in total. The van der Waals surface area contributed by atoms with E-state index in [9.17, 15) is 14.4 Å². The van der Waals surface area contributed by atoms with E-state index in [1.165, 1.54) is 19.9 Å². The van der Waals surface area contributed by atoms with Crippen LogP contribution in [-0.4, -0.2) is 23.8 Å². The molecule has 1 N–H and O–H groups in total. The summed E-state index contributed by atoms with van der Waals surface area (Å²) < 4.78 is 4.93. The zero-order valence-electron chi connectivity index (χ0n) is 11.6. The van der Waals surface area contributed by atoms with Crippen LogP contribution in [0.2, 0.25) is 10.0 Å². The van der Waals surface area contributed by atoms with Gasteiger partial charge in [0, 0.05) is 11.4 Å². The van der Waals surface area contributed by atoms with Crippen molar-refractivity contribution in [3.8, 4) is 0 Å². The molecule has 21 heavy (non-hydrogen) atoms. The number of hydrogen-bond acceptors (Lipinski definition) is 4. The van der Waals surface area contributed by atoms with Gasteiger partial charge in [-0.3, -0.25) is 9.59 Å². The molecule has 0 saturated carbocycles.